The number of methoxy groups -OCH3 is 2. The maximum absolute atomic E-state index is 13.0. The molecule has 0 spiro atoms. The Labute approximate surface area is 192 Å². The van der Waals surface area contributed by atoms with Gasteiger partial charge in [0.15, 0.2) is 11.5 Å². The minimum Gasteiger partial charge on any atom is -0.493 e. The molecule has 1 saturated heterocycles. The predicted molar refractivity (Wildman–Crippen MR) is 126 cm³/mol. The number of hydrogen-bond donors (Lipinski definition) is 1. The zero-order valence-electron chi connectivity index (χ0n) is 16.8. The molecule has 0 radical (unpaired) electrons. The fourth-order valence-electron chi connectivity index (χ4n) is 3.30. The Bertz CT molecular complexity index is 1080. The van der Waals surface area contributed by atoms with E-state index >= 15 is 0 Å². The fourth-order valence-corrected chi connectivity index (χ4v) is 5.21. The Hall–Kier alpha value is -2.10. The molecule has 158 valence electrons. The second-order valence-corrected chi connectivity index (χ2v) is 9.44. The third kappa shape index (κ3) is 4.06. The van der Waals surface area contributed by atoms with Gasteiger partial charge < -0.3 is 14.6 Å². The van der Waals surface area contributed by atoms with E-state index in [0.29, 0.717) is 16.4 Å². The minimum atomic E-state index is -1.07. The number of thiocarbonyl (C=S) groups is 1. The van der Waals surface area contributed by atoms with E-state index in [0.717, 1.165) is 32.6 Å². The number of thioether (sulfide) groups is 1. The number of carboxylic acids is 1. The normalized spacial score (nSPS) is 16.6. The molecule has 1 unspecified atom stereocenters. The Morgan fingerprint density at radius 3 is 2.43 bits per heavy atom. The molecule has 1 atom stereocenters. The summed E-state index contributed by atoms with van der Waals surface area (Å²) in [6, 6.07) is 6.53. The fraction of sp³-hybridized carbons (Fsp3) is 0.286. The van der Waals surface area contributed by atoms with Gasteiger partial charge in [-0.2, -0.15) is 0 Å². The van der Waals surface area contributed by atoms with Crippen LogP contribution in [0.15, 0.2) is 33.6 Å². The maximum atomic E-state index is 13.0. The lowest BCUT2D eigenvalue weighted by Crippen LogP contribution is -2.47. The standard InChI is InChI=1S/C21H20BrNO5S2/c1-10(2)18(20(25)26)23-19(24)16(30-21(23)29)8-12-6-5-11-7-14(27-3)15(28-4)9-13(11)17(12)22/h5-10,18H,1-4H3,(H,25,26)/b16-8-. The molecule has 9 heteroatoms. The van der Waals surface area contributed by atoms with E-state index in [1.54, 1.807) is 34.1 Å². The van der Waals surface area contributed by atoms with E-state index in [1.165, 1.54) is 4.90 Å². The summed E-state index contributed by atoms with van der Waals surface area (Å²) in [5.74, 6) is -0.533. The van der Waals surface area contributed by atoms with Crippen LogP contribution in [0.2, 0.25) is 0 Å². The Morgan fingerprint density at radius 2 is 1.87 bits per heavy atom. The van der Waals surface area contributed by atoms with Crippen molar-refractivity contribution in [1.29, 1.82) is 0 Å². The van der Waals surface area contributed by atoms with Crippen LogP contribution in [0.1, 0.15) is 19.4 Å². The average molecular weight is 510 g/mol. The maximum Gasteiger partial charge on any atom is 0.327 e. The monoisotopic (exact) mass is 509 g/mol. The third-order valence-electron chi connectivity index (χ3n) is 4.76. The van der Waals surface area contributed by atoms with Crippen molar-refractivity contribution in [2.45, 2.75) is 19.9 Å². The summed E-state index contributed by atoms with van der Waals surface area (Å²) in [5.41, 5.74) is 0.770. The zero-order chi connectivity index (χ0) is 22.2. The van der Waals surface area contributed by atoms with Gasteiger partial charge in [-0.15, -0.1) is 0 Å². The number of fused-ring (bicyclic) bond motifs is 1. The van der Waals surface area contributed by atoms with Crippen LogP contribution in [0.4, 0.5) is 0 Å². The Balaban J connectivity index is 2.04. The average Bonchev–Trinajstić information content (AvgIpc) is 2.96. The van der Waals surface area contributed by atoms with Crippen molar-refractivity contribution in [3.63, 3.8) is 0 Å². The van der Waals surface area contributed by atoms with Gasteiger partial charge in [0.2, 0.25) is 0 Å². The lowest BCUT2D eigenvalue weighted by atomic mass is 10.0. The zero-order valence-corrected chi connectivity index (χ0v) is 20.0. The largest absolute Gasteiger partial charge is 0.493 e. The summed E-state index contributed by atoms with van der Waals surface area (Å²) in [5, 5.41) is 11.4. The molecular formula is C21H20BrNO5S2. The van der Waals surface area contributed by atoms with Crippen LogP contribution in [-0.4, -0.2) is 46.5 Å². The molecule has 0 aromatic heterocycles. The molecule has 1 aliphatic rings. The molecule has 0 aliphatic carbocycles. The second-order valence-electron chi connectivity index (χ2n) is 6.98. The number of carbonyl (C=O) groups is 2. The van der Waals surface area contributed by atoms with Crippen LogP contribution in [-0.2, 0) is 9.59 Å². The summed E-state index contributed by atoms with van der Waals surface area (Å²) in [7, 11) is 3.15. The van der Waals surface area contributed by atoms with Crippen LogP contribution >= 0.6 is 39.9 Å². The van der Waals surface area contributed by atoms with Gasteiger partial charge in [-0.25, -0.2) is 4.79 Å². The number of rotatable bonds is 6. The first kappa shape index (κ1) is 22.6. The van der Waals surface area contributed by atoms with Crippen molar-refractivity contribution >= 4 is 73.0 Å². The number of amides is 1. The van der Waals surface area contributed by atoms with Gasteiger partial charge >= 0.3 is 5.97 Å². The van der Waals surface area contributed by atoms with E-state index < -0.39 is 17.9 Å². The molecule has 30 heavy (non-hydrogen) atoms. The molecule has 0 bridgehead atoms. The van der Waals surface area contributed by atoms with E-state index in [-0.39, 0.29) is 10.2 Å². The molecule has 3 rings (SSSR count). The van der Waals surface area contributed by atoms with Crippen LogP contribution in [0.3, 0.4) is 0 Å². The van der Waals surface area contributed by atoms with Gasteiger partial charge in [-0.05, 0) is 51.0 Å². The van der Waals surface area contributed by atoms with Crippen molar-refractivity contribution in [2.75, 3.05) is 14.2 Å². The van der Waals surface area contributed by atoms with Crippen molar-refractivity contribution < 1.29 is 24.2 Å². The molecule has 1 amide bonds. The number of hydrogen-bond acceptors (Lipinski definition) is 6. The SMILES string of the molecule is COc1cc2ccc(/C=C3\SC(=S)N(C(C(=O)O)C(C)C)C3=O)c(Br)c2cc1OC. The highest BCUT2D eigenvalue weighted by Gasteiger charge is 2.41. The van der Waals surface area contributed by atoms with Crippen molar-refractivity contribution in [3.05, 3.63) is 39.2 Å². The number of benzene rings is 2. The van der Waals surface area contributed by atoms with Crippen molar-refractivity contribution in [3.8, 4) is 11.5 Å². The summed E-state index contributed by atoms with van der Waals surface area (Å²) in [4.78, 5) is 26.2. The number of halogens is 1. The highest BCUT2D eigenvalue weighted by atomic mass is 79.9. The molecule has 1 aliphatic heterocycles. The van der Waals surface area contributed by atoms with Gasteiger partial charge in [0, 0.05) is 9.86 Å². The van der Waals surface area contributed by atoms with Crippen molar-refractivity contribution in [2.24, 2.45) is 5.92 Å². The summed E-state index contributed by atoms with van der Waals surface area (Å²) in [6.07, 6.45) is 1.72. The van der Waals surface area contributed by atoms with E-state index in [4.69, 9.17) is 21.7 Å². The number of carbonyl (C=O) groups excluding carboxylic acids is 1. The number of nitrogens with zero attached hydrogens (tertiary/aromatic N) is 1. The van der Waals surface area contributed by atoms with Crippen LogP contribution in [0, 0.1) is 5.92 Å². The van der Waals surface area contributed by atoms with Gasteiger partial charge in [-0.3, -0.25) is 9.69 Å². The topological polar surface area (TPSA) is 76.1 Å². The summed E-state index contributed by atoms with van der Waals surface area (Å²) in [6.45, 7) is 3.51. The van der Waals surface area contributed by atoms with Crippen LogP contribution < -0.4 is 9.47 Å². The minimum absolute atomic E-state index is 0.246. The molecule has 1 N–H and O–H groups in total. The molecule has 2 aromatic rings. The van der Waals surface area contributed by atoms with Gasteiger partial charge in [0.1, 0.15) is 10.4 Å². The number of aliphatic carboxylic acids is 1. The first-order valence-electron chi connectivity index (χ1n) is 9.03. The number of carboxylic acid groups (broad SMARTS) is 1. The highest BCUT2D eigenvalue weighted by molar-refractivity contribution is 9.10. The van der Waals surface area contributed by atoms with E-state index in [1.807, 2.05) is 24.3 Å². The van der Waals surface area contributed by atoms with Crippen LogP contribution in [0.5, 0.6) is 11.5 Å². The third-order valence-corrected chi connectivity index (χ3v) is 6.98. The smallest absolute Gasteiger partial charge is 0.327 e. The first-order valence-corrected chi connectivity index (χ1v) is 11.1. The van der Waals surface area contributed by atoms with Gasteiger partial charge in [0.05, 0.1) is 19.1 Å². The van der Waals surface area contributed by atoms with Gasteiger partial charge in [-0.1, -0.05) is 50.0 Å². The van der Waals surface area contributed by atoms with Gasteiger partial charge in [0.25, 0.3) is 5.91 Å². The highest BCUT2D eigenvalue weighted by Crippen LogP contribution is 2.40. The molecule has 0 saturated carbocycles. The van der Waals surface area contributed by atoms with E-state index in [2.05, 4.69) is 15.9 Å². The second kappa shape index (κ2) is 8.95. The molecular weight excluding hydrogens is 490 g/mol. The first-order chi connectivity index (χ1) is 14.2. The lowest BCUT2D eigenvalue weighted by Gasteiger charge is -2.26. The summed E-state index contributed by atoms with van der Waals surface area (Å²) < 4.78 is 11.8. The Morgan fingerprint density at radius 1 is 1.23 bits per heavy atom. The van der Waals surface area contributed by atoms with Crippen LogP contribution in [0.25, 0.3) is 16.8 Å². The molecule has 6 nitrogen and oxygen atoms in total. The van der Waals surface area contributed by atoms with Crippen molar-refractivity contribution in [1.82, 2.24) is 4.90 Å². The Kier molecular flexibility index (Phi) is 6.74. The lowest BCUT2D eigenvalue weighted by molar-refractivity contribution is -0.146. The van der Waals surface area contributed by atoms with E-state index in [9.17, 15) is 14.7 Å². The number of ether oxygens (including phenoxy) is 2. The molecule has 1 fully saturated rings. The summed E-state index contributed by atoms with van der Waals surface area (Å²) >= 11 is 10.0. The molecule has 1 heterocycles. The quantitative estimate of drug-likeness (QED) is 0.436. The predicted octanol–water partition coefficient (Wildman–Crippen LogP) is 4.93. The molecule has 2 aromatic carbocycles.